The Balaban J connectivity index is 2.29. The highest BCUT2D eigenvalue weighted by Crippen LogP contribution is 2.34. The summed E-state index contributed by atoms with van der Waals surface area (Å²) in [6.07, 6.45) is 2.25. The number of rotatable bonds is 11. The first-order valence-electron chi connectivity index (χ1n) is 11.4. The van der Waals surface area contributed by atoms with Crippen LogP contribution in [0, 0.1) is 5.82 Å². The molecule has 0 unspecified atom stereocenters. The van der Waals surface area contributed by atoms with E-state index < -0.39 is 24.2 Å². The van der Waals surface area contributed by atoms with Gasteiger partial charge in [-0.15, -0.1) is 0 Å². The molecule has 1 atom stereocenters. The van der Waals surface area contributed by atoms with Gasteiger partial charge in [0.1, 0.15) is 11.3 Å². The molecule has 0 aliphatic carbocycles. The zero-order chi connectivity index (χ0) is 25.5. The van der Waals surface area contributed by atoms with Gasteiger partial charge in [-0.1, -0.05) is 25.5 Å². The third kappa shape index (κ3) is 6.06. The minimum atomic E-state index is -1.26. The molecule has 35 heavy (non-hydrogen) atoms. The van der Waals surface area contributed by atoms with Gasteiger partial charge in [0.25, 0.3) is 5.56 Å². The van der Waals surface area contributed by atoms with Crippen molar-refractivity contribution in [3.8, 4) is 5.75 Å². The predicted molar refractivity (Wildman–Crippen MR) is 132 cm³/mol. The number of carbonyl (C=O) groups excluding carboxylic acids is 1. The van der Waals surface area contributed by atoms with Crippen LogP contribution >= 0.6 is 15.9 Å². The Kier molecular flexibility index (Phi) is 9.36. The Labute approximate surface area is 210 Å². The number of hydrogen-bond acceptors (Lipinski definition) is 7. The quantitative estimate of drug-likeness (QED) is 0.277. The SMILES string of the molecule is CCCCOc1c(C(=O)OCC)c(=O)n(C[C@@H](O)CO)c2c(Br)c(Cc3ccc(F)cc3)cnc12. The first kappa shape index (κ1) is 26.8. The average Bonchev–Trinajstić information content (AvgIpc) is 2.84. The van der Waals surface area contributed by atoms with Gasteiger partial charge in [0.05, 0.1) is 38.0 Å². The molecule has 0 aliphatic heterocycles. The summed E-state index contributed by atoms with van der Waals surface area (Å²) < 4.78 is 26.1. The number of halogens is 2. The number of aliphatic hydroxyl groups excluding tert-OH is 2. The molecule has 2 N–H and O–H groups in total. The van der Waals surface area contributed by atoms with E-state index in [1.54, 1.807) is 25.3 Å². The zero-order valence-corrected chi connectivity index (χ0v) is 21.2. The van der Waals surface area contributed by atoms with Crippen LogP contribution in [0.25, 0.3) is 11.0 Å². The van der Waals surface area contributed by atoms with Crippen molar-refractivity contribution in [3.05, 3.63) is 67.8 Å². The molecule has 2 aromatic heterocycles. The minimum Gasteiger partial charge on any atom is -0.490 e. The summed E-state index contributed by atoms with van der Waals surface area (Å²) in [5.74, 6) is -1.19. The Morgan fingerprint density at radius 2 is 1.97 bits per heavy atom. The maximum Gasteiger partial charge on any atom is 0.347 e. The summed E-state index contributed by atoms with van der Waals surface area (Å²) in [7, 11) is 0. The Hall–Kier alpha value is -2.82. The second-order valence-corrected chi connectivity index (χ2v) is 8.77. The number of esters is 1. The highest BCUT2D eigenvalue weighted by atomic mass is 79.9. The van der Waals surface area contributed by atoms with Gasteiger partial charge in [0.2, 0.25) is 0 Å². The minimum absolute atomic E-state index is 0.0145. The van der Waals surface area contributed by atoms with Gasteiger partial charge >= 0.3 is 5.97 Å². The van der Waals surface area contributed by atoms with Gasteiger partial charge in [-0.2, -0.15) is 0 Å². The van der Waals surface area contributed by atoms with Crippen molar-refractivity contribution in [3.63, 3.8) is 0 Å². The fraction of sp³-hybridized carbons (Fsp3) is 0.400. The molecule has 188 valence electrons. The Morgan fingerprint density at radius 1 is 1.26 bits per heavy atom. The van der Waals surface area contributed by atoms with Gasteiger partial charge in [0, 0.05) is 17.1 Å². The summed E-state index contributed by atoms with van der Waals surface area (Å²) in [6, 6.07) is 6.02. The van der Waals surface area contributed by atoms with E-state index in [4.69, 9.17) is 9.47 Å². The number of aliphatic hydroxyl groups is 2. The molecule has 8 nitrogen and oxygen atoms in total. The number of aromatic nitrogens is 2. The molecule has 0 radical (unpaired) electrons. The summed E-state index contributed by atoms with van der Waals surface area (Å²) in [5, 5.41) is 19.6. The fourth-order valence-corrected chi connectivity index (χ4v) is 4.26. The number of benzene rings is 1. The number of hydrogen-bond donors (Lipinski definition) is 2. The monoisotopic (exact) mass is 550 g/mol. The third-order valence-corrected chi connectivity index (χ3v) is 6.26. The molecule has 10 heteroatoms. The van der Waals surface area contributed by atoms with E-state index in [2.05, 4.69) is 20.9 Å². The molecular weight excluding hydrogens is 523 g/mol. The van der Waals surface area contributed by atoms with Crippen LogP contribution in [0.1, 0.15) is 48.2 Å². The molecular formula is C25H28BrFN2O6. The van der Waals surface area contributed by atoms with Crippen molar-refractivity contribution in [2.45, 2.75) is 45.8 Å². The first-order valence-corrected chi connectivity index (χ1v) is 12.2. The molecule has 0 spiro atoms. The third-order valence-electron chi connectivity index (χ3n) is 5.37. The van der Waals surface area contributed by atoms with Crippen molar-refractivity contribution in [2.75, 3.05) is 19.8 Å². The highest BCUT2D eigenvalue weighted by Gasteiger charge is 2.28. The summed E-state index contributed by atoms with van der Waals surface area (Å²) in [6.45, 7) is 3.06. The Morgan fingerprint density at radius 3 is 2.60 bits per heavy atom. The van der Waals surface area contributed by atoms with Crippen LogP contribution in [-0.2, 0) is 17.7 Å². The van der Waals surface area contributed by atoms with Crippen LogP contribution in [-0.4, -0.2) is 51.7 Å². The summed E-state index contributed by atoms with van der Waals surface area (Å²) in [5.41, 5.74) is 1.02. The number of unbranched alkanes of at least 4 members (excludes halogenated alkanes) is 1. The van der Waals surface area contributed by atoms with E-state index >= 15 is 0 Å². The second-order valence-electron chi connectivity index (χ2n) is 7.98. The molecule has 0 saturated heterocycles. The van der Waals surface area contributed by atoms with E-state index in [1.807, 2.05) is 6.92 Å². The molecule has 1 aromatic carbocycles. The number of fused-ring (bicyclic) bond motifs is 1. The number of carbonyl (C=O) groups is 1. The molecule has 0 aliphatic rings. The maximum atomic E-state index is 13.6. The van der Waals surface area contributed by atoms with Crippen LogP contribution in [0.5, 0.6) is 5.75 Å². The van der Waals surface area contributed by atoms with E-state index in [-0.39, 0.29) is 42.4 Å². The van der Waals surface area contributed by atoms with Gasteiger partial charge in [-0.05, 0) is 52.5 Å². The van der Waals surface area contributed by atoms with Gasteiger partial charge in [0.15, 0.2) is 11.3 Å². The lowest BCUT2D eigenvalue weighted by Gasteiger charge is -2.20. The van der Waals surface area contributed by atoms with E-state index in [1.165, 1.54) is 16.7 Å². The normalized spacial score (nSPS) is 12.1. The standard InChI is InChI=1S/C25H28BrFN2O6/c1-3-5-10-35-23-19(25(33)34-4-2)24(32)29(13-18(31)14-30)22-20(26)16(12-28-21(22)23)11-15-6-8-17(27)9-7-15/h6-9,12,18,30-31H,3-5,10-11,13-14H2,1-2H3/t18-/m1/s1. The molecule has 2 heterocycles. The van der Waals surface area contributed by atoms with E-state index in [0.717, 1.165) is 12.0 Å². The van der Waals surface area contributed by atoms with Crippen LogP contribution in [0.3, 0.4) is 0 Å². The van der Waals surface area contributed by atoms with Crippen molar-refractivity contribution >= 4 is 32.9 Å². The smallest absolute Gasteiger partial charge is 0.347 e. The average molecular weight is 551 g/mol. The molecule has 0 amide bonds. The summed E-state index contributed by atoms with van der Waals surface area (Å²) in [4.78, 5) is 30.9. The lowest BCUT2D eigenvalue weighted by atomic mass is 10.0. The van der Waals surface area contributed by atoms with Crippen molar-refractivity contribution < 1.29 is 28.9 Å². The summed E-state index contributed by atoms with van der Waals surface area (Å²) >= 11 is 3.57. The van der Waals surface area contributed by atoms with Crippen LogP contribution in [0.4, 0.5) is 4.39 Å². The second kappa shape index (κ2) is 12.2. The van der Waals surface area contributed by atoms with Crippen LogP contribution in [0.15, 0.2) is 39.7 Å². The lowest BCUT2D eigenvalue weighted by molar-refractivity contribution is 0.0516. The van der Waals surface area contributed by atoms with Gasteiger partial charge < -0.3 is 24.3 Å². The number of pyridine rings is 2. The number of ether oxygens (including phenoxy) is 2. The largest absolute Gasteiger partial charge is 0.490 e. The van der Waals surface area contributed by atoms with Crippen molar-refractivity contribution in [2.24, 2.45) is 0 Å². The van der Waals surface area contributed by atoms with E-state index in [9.17, 15) is 24.2 Å². The Bertz CT molecular complexity index is 1250. The molecule has 3 rings (SSSR count). The van der Waals surface area contributed by atoms with Crippen molar-refractivity contribution in [1.82, 2.24) is 9.55 Å². The number of nitrogens with zero attached hydrogens (tertiary/aromatic N) is 2. The highest BCUT2D eigenvalue weighted by molar-refractivity contribution is 9.10. The fourth-order valence-electron chi connectivity index (χ4n) is 3.61. The van der Waals surface area contributed by atoms with Crippen LogP contribution in [0.2, 0.25) is 0 Å². The lowest BCUT2D eigenvalue weighted by Crippen LogP contribution is -2.34. The molecule has 0 saturated carbocycles. The van der Waals surface area contributed by atoms with Gasteiger partial charge in [-0.3, -0.25) is 9.78 Å². The topological polar surface area (TPSA) is 111 Å². The van der Waals surface area contributed by atoms with E-state index in [0.29, 0.717) is 28.4 Å². The van der Waals surface area contributed by atoms with Crippen LogP contribution < -0.4 is 10.3 Å². The maximum absolute atomic E-state index is 13.6. The molecule has 0 bridgehead atoms. The van der Waals surface area contributed by atoms with Gasteiger partial charge in [-0.25, -0.2) is 9.18 Å². The molecule has 3 aromatic rings. The predicted octanol–water partition coefficient (Wildman–Crippen LogP) is 3.60. The zero-order valence-electron chi connectivity index (χ0n) is 19.6. The first-order chi connectivity index (χ1) is 16.8. The van der Waals surface area contributed by atoms with Crippen molar-refractivity contribution in [1.29, 1.82) is 0 Å². The molecule has 0 fully saturated rings.